The fourth-order valence-electron chi connectivity index (χ4n) is 3.39. The molecule has 1 aromatic rings. The summed E-state index contributed by atoms with van der Waals surface area (Å²) >= 11 is 0. The second-order valence-electron chi connectivity index (χ2n) is 9.05. The van der Waals surface area contributed by atoms with Gasteiger partial charge in [0.15, 0.2) is 6.54 Å². The van der Waals surface area contributed by atoms with Crippen LogP contribution in [-0.2, 0) is 14.4 Å². The van der Waals surface area contributed by atoms with Crippen LogP contribution in [0.2, 0.25) is 0 Å². The molecule has 7 nitrogen and oxygen atoms in total. The Balaban J connectivity index is 1.77. The lowest BCUT2D eigenvalue weighted by molar-refractivity contribution is -0.896. The maximum atomic E-state index is 12.6. The van der Waals surface area contributed by atoms with E-state index < -0.39 is 0 Å². The van der Waals surface area contributed by atoms with E-state index in [9.17, 15) is 14.4 Å². The van der Waals surface area contributed by atoms with Crippen LogP contribution in [0, 0.1) is 6.92 Å². The fraction of sp³-hybridized carbons (Fsp3) is 0.522. The molecule has 1 fully saturated rings. The molecule has 0 spiro atoms. The molecule has 0 bridgehead atoms. The number of amides is 3. The predicted molar refractivity (Wildman–Crippen MR) is 118 cm³/mol. The Hall–Kier alpha value is -2.67. The van der Waals surface area contributed by atoms with E-state index in [1.807, 2.05) is 52.0 Å². The third-order valence-corrected chi connectivity index (χ3v) is 4.96. The molecule has 1 aromatic carbocycles. The highest BCUT2D eigenvalue weighted by molar-refractivity contribution is 5.94. The van der Waals surface area contributed by atoms with E-state index in [4.69, 9.17) is 0 Å². The van der Waals surface area contributed by atoms with Crippen LogP contribution in [0.3, 0.4) is 0 Å². The van der Waals surface area contributed by atoms with E-state index in [0.717, 1.165) is 24.2 Å². The summed E-state index contributed by atoms with van der Waals surface area (Å²) in [5.41, 5.74) is 1.85. The number of carbonyl (C=O) groups excluding carboxylic acids is 3. The molecule has 1 aliphatic heterocycles. The summed E-state index contributed by atoms with van der Waals surface area (Å²) in [5, 5.41) is 2.97. The summed E-state index contributed by atoms with van der Waals surface area (Å²) in [4.78, 5) is 41.4. The topological polar surface area (TPSA) is 74.2 Å². The monoisotopic (exact) mass is 415 g/mol. The van der Waals surface area contributed by atoms with Gasteiger partial charge < -0.3 is 20.0 Å². The number of likely N-dealkylation sites (N-methyl/N-ethyl adjacent to an activating group) is 1. The number of benzene rings is 1. The van der Waals surface area contributed by atoms with Gasteiger partial charge in [0.05, 0.1) is 32.7 Å². The average Bonchev–Trinajstić information content (AvgIpc) is 2.65. The molecule has 2 N–H and O–H groups in total. The Morgan fingerprint density at radius 1 is 1.20 bits per heavy atom. The summed E-state index contributed by atoms with van der Waals surface area (Å²) in [7, 11) is 1.64. The Labute approximate surface area is 179 Å². The molecule has 0 radical (unpaired) electrons. The molecule has 3 amide bonds. The van der Waals surface area contributed by atoms with E-state index in [2.05, 4.69) is 5.32 Å². The second kappa shape index (κ2) is 10.4. The smallest absolute Gasteiger partial charge is 0.275 e. The Morgan fingerprint density at radius 3 is 2.47 bits per heavy atom. The first-order valence-corrected chi connectivity index (χ1v) is 10.5. The molecule has 30 heavy (non-hydrogen) atoms. The van der Waals surface area contributed by atoms with Crippen LogP contribution in [0.15, 0.2) is 30.3 Å². The molecule has 0 saturated carbocycles. The Morgan fingerprint density at radius 2 is 1.87 bits per heavy atom. The zero-order valence-corrected chi connectivity index (χ0v) is 18.8. The first-order valence-electron chi connectivity index (χ1n) is 10.5. The van der Waals surface area contributed by atoms with Gasteiger partial charge in [0, 0.05) is 18.7 Å². The van der Waals surface area contributed by atoms with Gasteiger partial charge in [-0.25, -0.2) is 0 Å². The van der Waals surface area contributed by atoms with Gasteiger partial charge in [-0.15, -0.1) is 0 Å². The Bertz CT molecular complexity index is 790. The van der Waals surface area contributed by atoms with E-state index in [1.54, 1.807) is 18.0 Å². The van der Waals surface area contributed by atoms with Crippen LogP contribution >= 0.6 is 0 Å². The summed E-state index contributed by atoms with van der Waals surface area (Å²) in [6.45, 7) is 11.0. The lowest BCUT2D eigenvalue weighted by atomic mass is 10.1. The fourth-order valence-corrected chi connectivity index (χ4v) is 3.39. The predicted octanol–water partition coefficient (Wildman–Crippen LogP) is 0.108. The third-order valence-electron chi connectivity index (χ3n) is 4.96. The number of piperazine rings is 1. The van der Waals surface area contributed by atoms with E-state index >= 15 is 0 Å². The number of hydrogen-bond donors (Lipinski definition) is 2. The molecular formula is C23H35N4O3+. The number of quaternary nitrogens is 1. The van der Waals surface area contributed by atoms with Gasteiger partial charge in [0.2, 0.25) is 11.8 Å². The highest BCUT2D eigenvalue weighted by Gasteiger charge is 2.27. The van der Waals surface area contributed by atoms with Gasteiger partial charge in [0.25, 0.3) is 5.91 Å². The van der Waals surface area contributed by atoms with E-state index in [1.165, 1.54) is 15.9 Å². The van der Waals surface area contributed by atoms with Crippen molar-refractivity contribution in [1.29, 1.82) is 0 Å². The van der Waals surface area contributed by atoms with E-state index in [-0.39, 0.29) is 29.8 Å². The highest BCUT2D eigenvalue weighted by Crippen LogP contribution is 2.06. The average molecular weight is 416 g/mol. The minimum atomic E-state index is -0.237. The van der Waals surface area contributed by atoms with Crippen molar-refractivity contribution in [2.75, 3.05) is 46.3 Å². The molecule has 7 heteroatoms. The summed E-state index contributed by atoms with van der Waals surface area (Å²) in [6.07, 6.45) is 3.26. The molecule has 1 heterocycles. The zero-order valence-electron chi connectivity index (χ0n) is 18.8. The van der Waals surface area contributed by atoms with Crippen molar-refractivity contribution in [3.05, 3.63) is 41.5 Å². The second-order valence-corrected chi connectivity index (χ2v) is 9.05. The van der Waals surface area contributed by atoms with Gasteiger partial charge in [-0.3, -0.25) is 14.4 Å². The van der Waals surface area contributed by atoms with Crippen LogP contribution in [-0.4, -0.2) is 79.4 Å². The van der Waals surface area contributed by atoms with Crippen molar-refractivity contribution in [3.63, 3.8) is 0 Å². The Kier molecular flexibility index (Phi) is 8.17. The quantitative estimate of drug-likeness (QED) is 0.648. The molecular weight excluding hydrogens is 380 g/mol. The summed E-state index contributed by atoms with van der Waals surface area (Å²) in [5.74, 6) is -0.232. The molecule has 1 saturated heterocycles. The molecule has 2 rings (SSSR count). The minimum absolute atomic E-state index is 0.0306. The maximum absolute atomic E-state index is 12.6. The highest BCUT2D eigenvalue weighted by atomic mass is 16.2. The van der Waals surface area contributed by atoms with Crippen molar-refractivity contribution in [2.45, 2.75) is 33.2 Å². The van der Waals surface area contributed by atoms with Crippen molar-refractivity contribution >= 4 is 23.8 Å². The third kappa shape index (κ3) is 7.99. The van der Waals surface area contributed by atoms with Gasteiger partial charge in [-0.1, -0.05) is 29.8 Å². The number of nitrogens with zero attached hydrogens (tertiary/aromatic N) is 2. The number of hydrogen-bond acceptors (Lipinski definition) is 3. The van der Waals surface area contributed by atoms with Gasteiger partial charge in [-0.2, -0.15) is 0 Å². The zero-order chi connectivity index (χ0) is 22.3. The van der Waals surface area contributed by atoms with Crippen LogP contribution in [0.5, 0.6) is 0 Å². The number of carbonyl (C=O) groups is 3. The van der Waals surface area contributed by atoms with Crippen LogP contribution in [0.1, 0.15) is 31.9 Å². The lowest BCUT2D eigenvalue weighted by Crippen LogP contribution is -3.16. The van der Waals surface area contributed by atoms with Crippen molar-refractivity contribution < 1.29 is 19.3 Å². The summed E-state index contributed by atoms with van der Waals surface area (Å²) < 4.78 is 0. The molecule has 0 unspecified atom stereocenters. The minimum Gasteiger partial charge on any atom is -0.347 e. The van der Waals surface area contributed by atoms with Crippen molar-refractivity contribution in [1.82, 2.24) is 15.1 Å². The van der Waals surface area contributed by atoms with Crippen molar-refractivity contribution in [2.24, 2.45) is 0 Å². The van der Waals surface area contributed by atoms with Crippen LogP contribution in [0.25, 0.3) is 6.08 Å². The number of nitrogens with one attached hydrogen (secondary N) is 2. The van der Waals surface area contributed by atoms with Gasteiger partial charge in [-0.05, 0) is 39.3 Å². The van der Waals surface area contributed by atoms with Gasteiger partial charge >= 0.3 is 0 Å². The summed E-state index contributed by atoms with van der Waals surface area (Å²) in [6, 6.07) is 7.88. The van der Waals surface area contributed by atoms with E-state index in [0.29, 0.717) is 19.6 Å². The first-order chi connectivity index (χ1) is 14.0. The lowest BCUT2D eigenvalue weighted by Gasteiger charge is -2.33. The largest absolute Gasteiger partial charge is 0.347 e. The maximum Gasteiger partial charge on any atom is 0.275 e. The normalized spacial score (nSPS) is 15.3. The van der Waals surface area contributed by atoms with Crippen molar-refractivity contribution in [3.8, 4) is 0 Å². The SMILES string of the molecule is Cc1cccc(/C=C/C(=O)N(C)CC(=O)N2CC[NH+](CC(=O)NC(C)(C)C)CC2)c1. The number of aryl methyl sites for hydroxylation is 1. The molecule has 0 atom stereocenters. The molecule has 0 aliphatic carbocycles. The molecule has 164 valence electrons. The van der Waals surface area contributed by atoms with Gasteiger partial charge in [0.1, 0.15) is 0 Å². The first kappa shape index (κ1) is 23.6. The molecule has 1 aliphatic rings. The van der Waals surface area contributed by atoms with Crippen LogP contribution in [0.4, 0.5) is 0 Å². The standard InChI is InChI=1S/C23H34N4O3/c1-18-7-6-8-19(15-18)9-10-21(29)25(5)17-22(30)27-13-11-26(12-14-27)16-20(28)24-23(2,3)4/h6-10,15H,11-14,16-17H2,1-5H3,(H,24,28)/p+1/b10-9+. The number of rotatable bonds is 6. The van der Waals surface area contributed by atoms with Crippen LogP contribution < -0.4 is 10.2 Å². The molecule has 0 aromatic heterocycles.